The van der Waals surface area contributed by atoms with E-state index in [1.165, 1.54) is 29.7 Å². The fourth-order valence-corrected chi connectivity index (χ4v) is 4.04. The molecule has 0 fully saturated rings. The van der Waals surface area contributed by atoms with Crippen molar-refractivity contribution < 1.29 is 13.2 Å². The van der Waals surface area contributed by atoms with Gasteiger partial charge in [0.1, 0.15) is 11.0 Å². The molecule has 7 heteroatoms. The summed E-state index contributed by atoms with van der Waals surface area (Å²) in [6.45, 7) is 4.44. The highest BCUT2D eigenvalue weighted by Crippen LogP contribution is 2.22. The van der Waals surface area contributed by atoms with Gasteiger partial charge >= 0.3 is 0 Å². The topological polar surface area (TPSA) is 83.3 Å². The highest BCUT2D eigenvalue weighted by molar-refractivity contribution is 7.89. The molecule has 0 aliphatic heterocycles. The van der Waals surface area contributed by atoms with Crippen molar-refractivity contribution in [3.63, 3.8) is 0 Å². The minimum Gasteiger partial charge on any atom is -0.383 e. The van der Waals surface area contributed by atoms with Gasteiger partial charge in [0.05, 0.1) is 6.61 Å². The quantitative estimate of drug-likeness (QED) is 0.730. The van der Waals surface area contributed by atoms with E-state index in [9.17, 15) is 8.42 Å². The molecule has 0 radical (unpaired) electrons. The van der Waals surface area contributed by atoms with Gasteiger partial charge in [0, 0.05) is 25.9 Å². The van der Waals surface area contributed by atoms with E-state index in [1.807, 2.05) is 19.9 Å². The summed E-state index contributed by atoms with van der Waals surface area (Å²) in [5.41, 5.74) is -0.0779. The Morgan fingerprint density at radius 1 is 1.43 bits per heavy atom. The summed E-state index contributed by atoms with van der Waals surface area (Å²) in [7, 11) is -2.24. The van der Waals surface area contributed by atoms with Crippen LogP contribution >= 0.6 is 0 Å². The van der Waals surface area contributed by atoms with Crippen LogP contribution in [-0.2, 0) is 14.8 Å². The molecule has 0 unspecified atom stereocenters. The van der Waals surface area contributed by atoms with Crippen LogP contribution in [0.15, 0.2) is 23.2 Å². The molecule has 0 aromatic carbocycles. The first-order chi connectivity index (χ1) is 10.0. The average Bonchev–Trinajstić information content (AvgIpc) is 2.51. The Labute approximate surface area is 126 Å². The van der Waals surface area contributed by atoms with E-state index >= 15 is 0 Å². The van der Waals surface area contributed by atoms with Gasteiger partial charge in [-0.1, -0.05) is 13.8 Å². The van der Waals surface area contributed by atoms with Crippen LogP contribution in [0.4, 0.5) is 0 Å². The van der Waals surface area contributed by atoms with Crippen LogP contribution in [0, 0.1) is 11.3 Å². The third-order valence-corrected chi connectivity index (χ3v) is 5.31. The molecule has 1 heterocycles. The minimum absolute atomic E-state index is 0.0458. The number of rotatable bonds is 8. The van der Waals surface area contributed by atoms with E-state index in [-0.39, 0.29) is 23.2 Å². The Morgan fingerprint density at radius 2 is 2.10 bits per heavy atom. The van der Waals surface area contributed by atoms with Crippen LogP contribution in [0.1, 0.15) is 32.4 Å². The van der Waals surface area contributed by atoms with Crippen molar-refractivity contribution >= 4 is 10.0 Å². The first-order valence-electron chi connectivity index (χ1n) is 6.88. The van der Waals surface area contributed by atoms with E-state index in [1.54, 1.807) is 0 Å². The van der Waals surface area contributed by atoms with Crippen molar-refractivity contribution in [1.29, 1.82) is 5.26 Å². The third-order valence-electron chi connectivity index (χ3n) is 3.33. The van der Waals surface area contributed by atoms with Gasteiger partial charge in [-0.15, -0.1) is 0 Å². The fraction of sp³-hybridized carbons (Fsp3) is 0.571. The molecule has 1 aromatic rings. The molecule has 0 aliphatic carbocycles. The Hall–Kier alpha value is -1.49. The number of ether oxygens (including phenoxy) is 1. The van der Waals surface area contributed by atoms with Gasteiger partial charge in [-0.05, 0) is 25.0 Å². The lowest BCUT2D eigenvalue weighted by molar-refractivity contribution is 0.163. The Morgan fingerprint density at radius 3 is 2.62 bits per heavy atom. The van der Waals surface area contributed by atoms with Crippen LogP contribution in [0.3, 0.4) is 0 Å². The lowest BCUT2D eigenvalue weighted by atomic mass is 10.2. The zero-order valence-corrected chi connectivity index (χ0v) is 13.4. The van der Waals surface area contributed by atoms with Gasteiger partial charge in [0.15, 0.2) is 5.69 Å². The number of sulfonamides is 1. The summed E-state index contributed by atoms with van der Waals surface area (Å²) in [5, 5.41) is 9.07. The summed E-state index contributed by atoms with van der Waals surface area (Å²) in [6, 6.07) is 4.65. The number of hydrogen-bond acceptors (Lipinski definition) is 5. The van der Waals surface area contributed by atoms with E-state index in [2.05, 4.69) is 4.98 Å². The van der Waals surface area contributed by atoms with Crippen molar-refractivity contribution in [3.8, 4) is 6.07 Å². The monoisotopic (exact) mass is 311 g/mol. The molecule has 21 heavy (non-hydrogen) atoms. The lowest BCUT2D eigenvalue weighted by Gasteiger charge is -2.29. The number of hydrogen-bond donors (Lipinski definition) is 0. The van der Waals surface area contributed by atoms with E-state index in [0.29, 0.717) is 19.4 Å². The first kappa shape index (κ1) is 17.6. The maximum absolute atomic E-state index is 12.9. The zero-order valence-electron chi connectivity index (χ0n) is 12.6. The van der Waals surface area contributed by atoms with Crippen LogP contribution < -0.4 is 0 Å². The Balaban J connectivity index is 3.30. The van der Waals surface area contributed by atoms with Crippen molar-refractivity contribution in [3.05, 3.63) is 24.0 Å². The molecule has 0 N–H and O–H groups in total. The summed E-state index contributed by atoms with van der Waals surface area (Å²) in [6.07, 6.45) is 2.80. The molecule has 0 aliphatic rings. The van der Waals surface area contributed by atoms with Crippen LogP contribution in [-0.4, -0.2) is 44.0 Å². The van der Waals surface area contributed by atoms with E-state index in [0.717, 1.165) is 0 Å². The number of nitrogens with zero attached hydrogens (tertiary/aromatic N) is 3. The predicted molar refractivity (Wildman–Crippen MR) is 79.1 cm³/mol. The van der Waals surface area contributed by atoms with Gasteiger partial charge in [-0.2, -0.15) is 9.57 Å². The zero-order chi connectivity index (χ0) is 15.9. The van der Waals surface area contributed by atoms with Gasteiger partial charge < -0.3 is 4.74 Å². The molecular weight excluding hydrogens is 290 g/mol. The standard InChI is InChI=1S/C14H21N3O3S/c1-4-12(5-2)17(9-10-20-3)21(18,19)14-7-6-8-16-13(14)11-15/h6-8,12H,4-5,9-10H2,1-3H3. The Kier molecular flexibility index (Phi) is 6.75. The molecule has 0 saturated carbocycles. The highest BCUT2D eigenvalue weighted by atomic mass is 32.2. The third kappa shape index (κ3) is 4.00. The highest BCUT2D eigenvalue weighted by Gasteiger charge is 2.31. The molecule has 0 saturated heterocycles. The molecule has 0 spiro atoms. The number of pyridine rings is 1. The number of aromatic nitrogens is 1. The average molecular weight is 311 g/mol. The molecular formula is C14H21N3O3S. The van der Waals surface area contributed by atoms with Crippen LogP contribution in [0.5, 0.6) is 0 Å². The second-order valence-corrected chi connectivity index (χ2v) is 6.40. The first-order valence-corrected chi connectivity index (χ1v) is 8.32. The maximum atomic E-state index is 12.9. The summed E-state index contributed by atoms with van der Waals surface area (Å²) >= 11 is 0. The van der Waals surface area contributed by atoms with Crippen molar-refractivity contribution in [2.24, 2.45) is 0 Å². The SMILES string of the molecule is CCC(CC)N(CCOC)S(=O)(=O)c1cccnc1C#N. The van der Waals surface area contributed by atoms with Crippen molar-refractivity contribution in [1.82, 2.24) is 9.29 Å². The summed E-state index contributed by atoms with van der Waals surface area (Å²) < 4.78 is 32.1. The van der Waals surface area contributed by atoms with Crippen LogP contribution in [0.2, 0.25) is 0 Å². The summed E-state index contributed by atoms with van der Waals surface area (Å²) in [4.78, 5) is 3.79. The molecule has 6 nitrogen and oxygen atoms in total. The second kappa shape index (κ2) is 8.08. The van der Waals surface area contributed by atoms with Gasteiger partial charge in [0.25, 0.3) is 0 Å². The fourth-order valence-electron chi connectivity index (χ4n) is 2.19. The lowest BCUT2D eigenvalue weighted by Crippen LogP contribution is -2.42. The van der Waals surface area contributed by atoms with E-state index in [4.69, 9.17) is 10.00 Å². The minimum atomic E-state index is -3.77. The Bertz CT molecular complexity index is 592. The maximum Gasteiger partial charge on any atom is 0.246 e. The van der Waals surface area contributed by atoms with Crippen molar-refractivity contribution in [2.75, 3.05) is 20.3 Å². The molecule has 0 atom stereocenters. The molecule has 116 valence electrons. The van der Waals surface area contributed by atoms with Crippen molar-refractivity contribution in [2.45, 2.75) is 37.6 Å². The van der Waals surface area contributed by atoms with E-state index < -0.39 is 10.0 Å². The predicted octanol–water partition coefficient (Wildman–Crippen LogP) is 1.78. The molecule has 0 bridgehead atoms. The molecule has 1 rings (SSSR count). The molecule has 1 aromatic heterocycles. The molecule has 0 amide bonds. The van der Waals surface area contributed by atoms with Crippen LogP contribution in [0.25, 0.3) is 0 Å². The van der Waals surface area contributed by atoms with Gasteiger partial charge in [-0.3, -0.25) is 0 Å². The normalized spacial score (nSPS) is 11.8. The van der Waals surface area contributed by atoms with Gasteiger partial charge in [0.2, 0.25) is 10.0 Å². The summed E-state index contributed by atoms with van der Waals surface area (Å²) in [5.74, 6) is 0. The number of methoxy groups -OCH3 is 1. The van der Waals surface area contributed by atoms with Gasteiger partial charge in [-0.25, -0.2) is 13.4 Å². The second-order valence-electron chi connectivity index (χ2n) is 4.54. The number of nitriles is 1. The largest absolute Gasteiger partial charge is 0.383 e. The smallest absolute Gasteiger partial charge is 0.246 e.